The number of hydrogen-bond donors (Lipinski definition) is 2. The van der Waals surface area contributed by atoms with Crippen molar-refractivity contribution in [3.05, 3.63) is 33.6 Å². The number of aryl methyl sites for hydroxylation is 2. The van der Waals surface area contributed by atoms with Crippen molar-refractivity contribution in [1.82, 2.24) is 19.9 Å². The van der Waals surface area contributed by atoms with E-state index in [1.54, 1.807) is 6.07 Å². The van der Waals surface area contributed by atoms with Gasteiger partial charge in [0.2, 0.25) is 0 Å². The fourth-order valence-corrected chi connectivity index (χ4v) is 4.92. The molecule has 0 radical (unpaired) electrons. The maximum absolute atomic E-state index is 12.6. The van der Waals surface area contributed by atoms with Crippen LogP contribution in [-0.4, -0.2) is 52.3 Å². The molecule has 4 rings (SSSR count). The number of carbonyl (C=O) groups excluding carboxylic acids is 2. The van der Waals surface area contributed by atoms with Crippen molar-refractivity contribution in [3.8, 4) is 0 Å². The number of fused-ring (bicyclic) bond motifs is 1. The number of ether oxygens (including phenoxy) is 2. The Hall–Kier alpha value is -2.26. The van der Waals surface area contributed by atoms with Crippen LogP contribution in [0.4, 0.5) is 0 Å². The Balaban J connectivity index is 1.37. The highest BCUT2D eigenvalue weighted by molar-refractivity contribution is 7.08. The van der Waals surface area contributed by atoms with E-state index in [1.807, 2.05) is 13.8 Å². The molecule has 1 fully saturated rings. The third-order valence-corrected chi connectivity index (χ3v) is 6.66. The monoisotopic (exact) mass is 418 g/mol. The molecule has 2 aromatic rings. The quantitative estimate of drug-likeness (QED) is 0.723. The molecule has 2 aliphatic heterocycles. The van der Waals surface area contributed by atoms with E-state index in [9.17, 15) is 9.59 Å². The van der Waals surface area contributed by atoms with E-state index < -0.39 is 0 Å². The highest BCUT2D eigenvalue weighted by Gasteiger charge is 2.41. The summed E-state index contributed by atoms with van der Waals surface area (Å²) < 4.78 is 15.4. The number of aromatic nitrogens is 3. The van der Waals surface area contributed by atoms with E-state index in [0.717, 1.165) is 54.3 Å². The summed E-state index contributed by atoms with van der Waals surface area (Å²) in [5, 5.41) is 10.5. The van der Waals surface area contributed by atoms with Crippen molar-refractivity contribution in [2.24, 2.45) is 5.41 Å². The maximum atomic E-state index is 12.6. The average Bonchev–Trinajstić information content (AvgIpc) is 3.29. The Bertz CT molecular complexity index is 908. The van der Waals surface area contributed by atoms with Crippen LogP contribution in [0.3, 0.4) is 0 Å². The van der Waals surface area contributed by atoms with Gasteiger partial charge in [0.25, 0.3) is 5.91 Å². The number of nitrogens with one attached hydrogen (secondary N) is 2. The average molecular weight is 419 g/mol. The second kappa shape index (κ2) is 8.23. The molecule has 156 valence electrons. The number of carbonyl (C=O) groups is 2. The summed E-state index contributed by atoms with van der Waals surface area (Å²) in [5.41, 5.74) is 3.20. The van der Waals surface area contributed by atoms with E-state index in [4.69, 9.17) is 9.47 Å². The third kappa shape index (κ3) is 4.20. The van der Waals surface area contributed by atoms with Gasteiger partial charge in [-0.05, 0) is 55.6 Å². The fourth-order valence-electron chi connectivity index (χ4n) is 4.27. The molecule has 2 unspecified atom stereocenters. The second-order valence-electron chi connectivity index (χ2n) is 7.94. The van der Waals surface area contributed by atoms with Gasteiger partial charge in [-0.15, -0.1) is 0 Å². The Labute approximate surface area is 173 Å². The first-order valence-electron chi connectivity index (χ1n) is 10.1. The minimum atomic E-state index is -0.336. The second-order valence-corrected chi connectivity index (χ2v) is 8.75. The predicted octanol–water partition coefficient (Wildman–Crippen LogP) is 2.44. The van der Waals surface area contributed by atoms with Crippen molar-refractivity contribution in [2.75, 3.05) is 19.8 Å². The first-order chi connectivity index (χ1) is 14.0. The minimum absolute atomic E-state index is 0.00762. The topological polar surface area (TPSA) is 106 Å². The van der Waals surface area contributed by atoms with Crippen LogP contribution in [0.15, 0.2) is 6.07 Å². The lowest BCUT2D eigenvalue weighted by molar-refractivity contribution is -0.0574. The maximum Gasteiger partial charge on any atom is 0.349 e. The van der Waals surface area contributed by atoms with E-state index in [0.29, 0.717) is 36.6 Å². The molecule has 0 bridgehead atoms. The van der Waals surface area contributed by atoms with Crippen molar-refractivity contribution < 1.29 is 19.1 Å². The standard InChI is InChI=1S/C20H26N4O4S/c1-3-14-17-15(23-22-14)10-20(11-21-18(17)25)5-7-27-13(9-20)4-6-28-19(26)16-8-12(2)24-29-16/h8,13H,3-7,9-11H2,1-2H3,(H,21,25)(H,22,23). The summed E-state index contributed by atoms with van der Waals surface area (Å²) in [6.45, 7) is 5.41. The van der Waals surface area contributed by atoms with Crippen LogP contribution in [0.1, 0.15) is 63.3 Å². The Morgan fingerprint density at radius 3 is 3.10 bits per heavy atom. The molecule has 2 atom stereocenters. The number of hydrogen-bond acceptors (Lipinski definition) is 7. The van der Waals surface area contributed by atoms with Gasteiger partial charge in [-0.2, -0.15) is 9.47 Å². The molecule has 2 aliphatic rings. The highest BCUT2D eigenvalue weighted by Crippen LogP contribution is 2.39. The van der Waals surface area contributed by atoms with Gasteiger partial charge >= 0.3 is 5.97 Å². The molecule has 8 nitrogen and oxygen atoms in total. The van der Waals surface area contributed by atoms with Crippen LogP contribution in [0.2, 0.25) is 0 Å². The number of nitrogens with zero attached hydrogens (tertiary/aromatic N) is 2. The van der Waals surface area contributed by atoms with E-state index in [1.165, 1.54) is 0 Å². The smallest absolute Gasteiger partial charge is 0.349 e. The molecule has 29 heavy (non-hydrogen) atoms. The van der Waals surface area contributed by atoms with Crippen molar-refractivity contribution in [2.45, 2.75) is 52.1 Å². The van der Waals surface area contributed by atoms with Crippen molar-refractivity contribution >= 4 is 23.4 Å². The number of amides is 1. The molecule has 4 heterocycles. The van der Waals surface area contributed by atoms with Gasteiger partial charge in [-0.25, -0.2) is 4.79 Å². The van der Waals surface area contributed by atoms with Crippen LogP contribution in [0.5, 0.6) is 0 Å². The molecule has 1 saturated heterocycles. The zero-order valence-electron chi connectivity index (χ0n) is 16.7. The lowest BCUT2D eigenvalue weighted by atomic mass is 9.74. The molecule has 1 spiro atoms. The molecule has 0 saturated carbocycles. The van der Waals surface area contributed by atoms with Crippen LogP contribution < -0.4 is 5.32 Å². The van der Waals surface area contributed by atoms with Crippen LogP contribution >= 0.6 is 11.5 Å². The van der Waals surface area contributed by atoms with Crippen molar-refractivity contribution in [1.29, 1.82) is 0 Å². The Morgan fingerprint density at radius 2 is 2.34 bits per heavy atom. The molecule has 1 amide bonds. The molecule has 2 N–H and O–H groups in total. The summed E-state index contributed by atoms with van der Waals surface area (Å²) in [4.78, 5) is 25.2. The first kappa shape index (κ1) is 20.0. The first-order valence-corrected chi connectivity index (χ1v) is 10.8. The van der Waals surface area contributed by atoms with E-state index in [-0.39, 0.29) is 23.4 Å². The summed E-state index contributed by atoms with van der Waals surface area (Å²) in [7, 11) is 0. The molecular formula is C20H26N4O4S. The number of aromatic amines is 1. The number of rotatable bonds is 5. The van der Waals surface area contributed by atoms with Crippen LogP contribution in [-0.2, 0) is 22.3 Å². The van der Waals surface area contributed by atoms with Gasteiger partial charge in [0.15, 0.2) is 0 Å². The summed E-state index contributed by atoms with van der Waals surface area (Å²) in [5.74, 6) is -0.378. The number of H-pyrrole nitrogens is 1. The molecule has 9 heteroatoms. The predicted molar refractivity (Wildman–Crippen MR) is 107 cm³/mol. The largest absolute Gasteiger partial charge is 0.461 e. The van der Waals surface area contributed by atoms with Crippen LogP contribution in [0.25, 0.3) is 0 Å². The van der Waals surface area contributed by atoms with Gasteiger partial charge in [0, 0.05) is 25.3 Å². The Kier molecular flexibility index (Phi) is 5.69. The van der Waals surface area contributed by atoms with Crippen molar-refractivity contribution in [3.63, 3.8) is 0 Å². The van der Waals surface area contributed by atoms with Gasteiger partial charge in [0.05, 0.1) is 29.7 Å². The normalized spacial score (nSPS) is 24.1. The van der Waals surface area contributed by atoms with Gasteiger partial charge in [-0.3, -0.25) is 9.89 Å². The van der Waals surface area contributed by atoms with E-state index in [2.05, 4.69) is 19.9 Å². The summed E-state index contributed by atoms with van der Waals surface area (Å²) >= 11 is 1.16. The Morgan fingerprint density at radius 1 is 1.48 bits per heavy atom. The zero-order chi connectivity index (χ0) is 20.4. The molecule has 0 aliphatic carbocycles. The fraction of sp³-hybridized carbons (Fsp3) is 0.600. The third-order valence-electron chi connectivity index (χ3n) is 5.80. The minimum Gasteiger partial charge on any atom is -0.461 e. The molecular weight excluding hydrogens is 392 g/mol. The number of esters is 1. The van der Waals surface area contributed by atoms with Crippen LogP contribution in [0, 0.1) is 12.3 Å². The molecule has 0 aromatic carbocycles. The zero-order valence-corrected chi connectivity index (χ0v) is 17.6. The van der Waals surface area contributed by atoms with E-state index >= 15 is 0 Å². The van der Waals surface area contributed by atoms with Gasteiger partial charge in [0.1, 0.15) is 4.88 Å². The highest BCUT2D eigenvalue weighted by atomic mass is 32.1. The molecule has 2 aromatic heterocycles. The SMILES string of the molecule is CCc1n[nH]c2c1C(=O)NCC1(CCOC(CCOC(=O)c3cc(C)ns3)C1)C2. The lowest BCUT2D eigenvalue weighted by Crippen LogP contribution is -2.44. The van der Waals surface area contributed by atoms with Gasteiger partial charge < -0.3 is 14.8 Å². The summed E-state index contributed by atoms with van der Waals surface area (Å²) in [6, 6.07) is 1.74. The van der Waals surface area contributed by atoms with Gasteiger partial charge in [-0.1, -0.05) is 6.92 Å². The summed E-state index contributed by atoms with van der Waals surface area (Å²) in [6.07, 6.45) is 3.81. The lowest BCUT2D eigenvalue weighted by Gasteiger charge is -2.40.